The minimum atomic E-state index is -0.106. The third-order valence-corrected chi connectivity index (χ3v) is 1.88. The number of aliphatic hydroxyl groups excluding tert-OH is 1. The molecule has 0 aromatic carbocycles. The largest absolute Gasteiger partial charge is 0.443 e. The van der Waals surface area contributed by atoms with E-state index < -0.39 is 0 Å². The monoisotopic (exact) mass is 183 g/mol. The Morgan fingerprint density at radius 2 is 2.15 bits per heavy atom. The number of aryl methyl sites for hydroxylation is 1. The van der Waals surface area contributed by atoms with Gasteiger partial charge in [-0.2, -0.15) is 0 Å². The molecule has 3 heteroatoms. The second-order valence-corrected chi connectivity index (χ2v) is 3.59. The van der Waals surface area contributed by atoms with E-state index in [1.54, 1.807) is 0 Å². The summed E-state index contributed by atoms with van der Waals surface area (Å²) in [5.41, 5.74) is 1.00. The smallest absolute Gasteiger partial charge is 0.220 e. The lowest BCUT2D eigenvalue weighted by Crippen LogP contribution is -1.97. The second-order valence-electron chi connectivity index (χ2n) is 3.59. The van der Waals surface area contributed by atoms with Crippen LogP contribution in [0.1, 0.15) is 38.1 Å². The number of nitrogens with zero attached hydrogens (tertiary/aromatic N) is 1. The molecule has 0 unspecified atom stereocenters. The highest BCUT2D eigenvalue weighted by Gasteiger charge is 2.11. The summed E-state index contributed by atoms with van der Waals surface area (Å²) in [6.07, 6.45) is 1.77. The zero-order valence-corrected chi connectivity index (χ0v) is 8.50. The van der Waals surface area contributed by atoms with E-state index in [4.69, 9.17) is 9.52 Å². The molecule has 0 bridgehead atoms. The number of rotatable bonds is 4. The van der Waals surface area contributed by atoms with Crippen molar-refractivity contribution in [3.05, 3.63) is 17.3 Å². The first-order chi connectivity index (χ1) is 6.17. The van der Waals surface area contributed by atoms with Gasteiger partial charge < -0.3 is 9.52 Å². The van der Waals surface area contributed by atoms with Crippen LogP contribution in [0.2, 0.25) is 0 Å². The van der Waals surface area contributed by atoms with Gasteiger partial charge in [-0.1, -0.05) is 20.8 Å². The Balaban J connectivity index is 2.84. The van der Waals surface area contributed by atoms with E-state index in [1.165, 1.54) is 0 Å². The number of oxazole rings is 1. The van der Waals surface area contributed by atoms with Gasteiger partial charge in [-0.05, 0) is 12.3 Å². The predicted octanol–water partition coefficient (Wildman–Crippen LogP) is 1.93. The molecule has 0 aliphatic rings. The Morgan fingerprint density at radius 3 is 2.62 bits per heavy atom. The Morgan fingerprint density at radius 1 is 1.46 bits per heavy atom. The Kier molecular flexibility index (Phi) is 3.48. The average molecular weight is 183 g/mol. The zero-order chi connectivity index (χ0) is 9.84. The fourth-order valence-electron chi connectivity index (χ4n) is 1.33. The zero-order valence-electron chi connectivity index (χ0n) is 8.50. The number of hydrogen-bond donors (Lipinski definition) is 1. The molecule has 0 saturated heterocycles. The molecule has 0 aliphatic carbocycles. The van der Waals surface area contributed by atoms with Crippen molar-refractivity contribution in [2.75, 3.05) is 0 Å². The molecule has 1 aromatic rings. The maximum Gasteiger partial charge on any atom is 0.220 e. The quantitative estimate of drug-likeness (QED) is 0.775. The molecule has 1 aromatic heterocycles. The Labute approximate surface area is 78.8 Å². The minimum absolute atomic E-state index is 0.106. The summed E-state index contributed by atoms with van der Waals surface area (Å²) in [6.45, 7) is 6.22. The molecule has 0 amide bonds. The third kappa shape index (κ3) is 2.56. The Hall–Kier alpha value is -0.830. The van der Waals surface area contributed by atoms with Crippen molar-refractivity contribution in [3.8, 4) is 0 Å². The lowest BCUT2D eigenvalue weighted by Gasteiger charge is -2.00. The van der Waals surface area contributed by atoms with Crippen molar-refractivity contribution in [2.45, 2.75) is 40.2 Å². The molecule has 0 aliphatic heterocycles. The average Bonchev–Trinajstić information content (AvgIpc) is 2.46. The predicted molar refractivity (Wildman–Crippen MR) is 50.3 cm³/mol. The molecule has 74 valence electrons. The van der Waals surface area contributed by atoms with E-state index >= 15 is 0 Å². The van der Waals surface area contributed by atoms with Gasteiger partial charge in [-0.3, -0.25) is 0 Å². The number of hydrogen-bond acceptors (Lipinski definition) is 3. The van der Waals surface area contributed by atoms with Crippen molar-refractivity contribution in [1.29, 1.82) is 0 Å². The van der Waals surface area contributed by atoms with Crippen LogP contribution in [-0.2, 0) is 19.4 Å². The molecule has 0 fully saturated rings. The van der Waals surface area contributed by atoms with E-state index in [1.807, 2.05) is 6.92 Å². The summed E-state index contributed by atoms with van der Waals surface area (Å²) >= 11 is 0. The van der Waals surface area contributed by atoms with Crippen LogP contribution in [0.5, 0.6) is 0 Å². The van der Waals surface area contributed by atoms with Gasteiger partial charge in [0, 0.05) is 6.42 Å². The van der Waals surface area contributed by atoms with Gasteiger partial charge in [-0.15, -0.1) is 0 Å². The molecule has 1 N–H and O–H groups in total. The molecule has 1 rings (SSSR count). The van der Waals surface area contributed by atoms with Crippen LogP contribution in [0.3, 0.4) is 0 Å². The number of aromatic nitrogens is 1. The molecule has 1 heterocycles. The molecule has 0 atom stereocenters. The van der Waals surface area contributed by atoms with Crippen LogP contribution in [-0.4, -0.2) is 10.1 Å². The second kappa shape index (κ2) is 4.42. The lowest BCUT2D eigenvalue weighted by atomic mass is 10.1. The summed E-state index contributed by atoms with van der Waals surface area (Å²) in [5, 5.41) is 8.85. The molecule has 3 nitrogen and oxygen atoms in total. The minimum Gasteiger partial charge on any atom is -0.443 e. The van der Waals surface area contributed by atoms with Crippen molar-refractivity contribution in [2.24, 2.45) is 5.92 Å². The van der Waals surface area contributed by atoms with Crippen LogP contribution >= 0.6 is 0 Å². The van der Waals surface area contributed by atoms with Gasteiger partial charge >= 0.3 is 0 Å². The topological polar surface area (TPSA) is 46.3 Å². The molecular formula is C10H17NO2. The first-order valence-electron chi connectivity index (χ1n) is 4.75. The lowest BCUT2D eigenvalue weighted by molar-refractivity contribution is 0.237. The highest BCUT2D eigenvalue weighted by molar-refractivity contribution is 5.10. The van der Waals surface area contributed by atoms with E-state index in [-0.39, 0.29) is 6.61 Å². The van der Waals surface area contributed by atoms with Gasteiger partial charge in [0.15, 0.2) is 0 Å². The van der Waals surface area contributed by atoms with Gasteiger partial charge in [0.05, 0.1) is 5.69 Å². The number of aliphatic hydroxyl groups is 1. The summed E-state index contributed by atoms with van der Waals surface area (Å²) in [5.74, 6) is 1.92. The molecule has 0 saturated carbocycles. The van der Waals surface area contributed by atoms with E-state index in [9.17, 15) is 0 Å². The highest BCUT2D eigenvalue weighted by Crippen LogP contribution is 2.15. The Bertz CT molecular complexity index is 266. The molecule has 13 heavy (non-hydrogen) atoms. The molecule has 0 spiro atoms. The fraction of sp³-hybridized carbons (Fsp3) is 0.700. The summed E-state index contributed by atoms with van der Waals surface area (Å²) in [7, 11) is 0. The normalized spacial score (nSPS) is 11.2. The first-order valence-corrected chi connectivity index (χ1v) is 4.75. The van der Waals surface area contributed by atoms with Gasteiger partial charge in [-0.25, -0.2) is 4.98 Å². The maximum atomic E-state index is 8.85. The SMILES string of the molecule is CCc1oc(CO)nc1CC(C)C. The van der Waals surface area contributed by atoms with E-state index in [0.717, 1.165) is 24.3 Å². The standard InChI is InChI=1S/C10H17NO2/c1-4-9-8(5-7(2)3)11-10(6-12)13-9/h7,12H,4-6H2,1-3H3. The van der Waals surface area contributed by atoms with Crippen LogP contribution in [0.15, 0.2) is 4.42 Å². The van der Waals surface area contributed by atoms with Crippen LogP contribution in [0.25, 0.3) is 0 Å². The molecule has 0 radical (unpaired) electrons. The van der Waals surface area contributed by atoms with Crippen LogP contribution in [0.4, 0.5) is 0 Å². The van der Waals surface area contributed by atoms with Crippen LogP contribution in [0, 0.1) is 5.92 Å². The van der Waals surface area contributed by atoms with Crippen molar-refractivity contribution in [3.63, 3.8) is 0 Å². The van der Waals surface area contributed by atoms with E-state index in [2.05, 4.69) is 18.8 Å². The van der Waals surface area contributed by atoms with Crippen LogP contribution < -0.4 is 0 Å². The van der Waals surface area contributed by atoms with Crippen molar-refractivity contribution < 1.29 is 9.52 Å². The van der Waals surface area contributed by atoms with E-state index in [0.29, 0.717) is 11.8 Å². The summed E-state index contributed by atoms with van der Waals surface area (Å²) in [4.78, 5) is 4.22. The van der Waals surface area contributed by atoms with Crippen molar-refractivity contribution >= 4 is 0 Å². The van der Waals surface area contributed by atoms with Crippen molar-refractivity contribution in [1.82, 2.24) is 4.98 Å². The summed E-state index contributed by atoms with van der Waals surface area (Å²) in [6, 6.07) is 0. The van der Waals surface area contributed by atoms with Gasteiger partial charge in [0.2, 0.25) is 5.89 Å². The summed E-state index contributed by atoms with van der Waals surface area (Å²) < 4.78 is 5.35. The first kappa shape index (κ1) is 10.3. The molecular weight excluding hydrogens is 166 g/mol. The van der Waals surface area contributed by atoms with Gasteiger partial charge in [0.1, 0.15) is 12.4 Å². The maximum absolute atomic E-state index is 8.85. The third-order valence-electron chi connectivity index (χ3n) is 1.88. The highest BCUT2D eigenvalue weighted by atomic mass is 16.4. The van der Waals surface area contributed by atoms with Gasteiger partial charge in [0.25, 0.3) is 0 Å². The fourth-order valence-corrected chi connectivity index (χ4v) is 1.33.